The van der Waals surface area contributed by atoms with E-state index in [2.05, 4.69) is 17.0 Å². The largest absolute Gasteiger partial charge is 0.355 e. The van der Waals surface area contributed by atoms with Crippen LogP contribution in [0.5, 0.6) is 0 Å². The molecule has 0 fully saturated rings. The summed E-state index contributed by atoms with van der Waals surface area (Å²) in [5.41, 5.74) is 1.49. The summed E-state index contributed by atoms with van der Waals surface area (Å²) in [6, 6.07) is 15.8. The predicted molar refractivity (Wildman–Crippen MR) is 109 cm³/mol. The number of hydrogen-bond acceptors (Lipinski definition) is 4. The van der Waals surface area contributed by atoms with Crippen molar-refractivity contribution in [2.45, 2.75) is 37.5 Å². The van der Waals surface area contributed by atoms with Gasteiger partial charge < -0.3 is 5.32 Å². The highest BCUT2D eigenvalue weighted by Crippen LogP contribution is 2.18. The molecular formula is C21H26N2O4S. The Bertz CT molecular complexity index is 911. The molecular weight excluding hydrogens is 376 g/mol. The minimum absolute atomic E-state index is 0.00994. The van der Waals surface area contributed by atoms with Gasteiger partial charge in [-0.25, -0.2) is 13.1 Å². The normalized spacial score (nSPS) is 12.4. The average Bonchev–Trinajstić information content (AvgIpc) is 2.69. The van der Waals surface area contributed by atoms with Gasteiger partial charge in [0.2, 0.25) is 15.9 Å². The zero-order chi connectivity index (χ0) is 20.6. The third-order valence-electron chi connectivity index (χ3n) is 4.50. The summed E-state index contributed by atoms with van der Waals surface area (Å²) in [4.78, 5) is 23.5. The van der Waals surface area contributed by atoms with Crippen molar-refractivity contribution in [3.05, 3.63) is 65.7 Å². The molecule has 2 rings (SSSR count). The minimum Gasteiger partial charge on any atom is -0.355 e. The number of ketones is 1. The molecule has 1 atom stereocenters. The molecule has 6 nitrogen and oxygen atoms in total. The van der Waals surface area contributed by atoms with E-state index in [1.807, 2.05) is 30.3 Å². The Morgan fingerprint density at radius 1 is 1.04 bits per heavy atom. The first-order chi connectivity index (χ1) is 13.3. The number of nitrogens with one attached hydrogen (secondary N) is 2. The monoisotopic (exact) mass is 402 g/mol. The van der Waals surface area contributed by atoms with E-state index in [1.165, 1.54) is 25.1 Å². The second-order valence-electron chi connectivity index (χ2n) is 6.55. The van der Waals surface area contributed by atoms with Crippen LogP contribution in [0, 0.1) is 0 Å². The van der Waals surface area contributed by atoms with Crippen LogP contribution in [0.2, 0.25) is 0 Å². The molecule has 0 saturated carbocycles. The van der Waals surface area contributed by atoms with Crippen molar-refractivity contribution in [3.63, 3.8) is 0 Å². The zero-order valence-corrected chi connectivity index (χ0v) is 17.0. The van der Waals surface area contributed by atoms with E-state index in [4.69, 9.17) is 0 Å². The molecule has 150 valence electrons. The first-order valence-corrected chi connectivity index (χ1v) is 10.7. The van der Waals surface area contributed by atoms with Gasteiger partial charge in [0.1, 0.15) is 0 Å². The smallest absolute Gasteiger partial charge is 0.240 e. The van der Waals surface area contributed by atoms with Gasteiger partial charge in [-0.3, -0.25) is 9.59 Å². The lowest BCUT2D eigenvalue weighted by Gasteiger charge is -2.16. The lowest BCUT2D eigenvalue weighted by molar-refractivity contribution is -0.121. The summed E-state index contributed by atoms with van der Waals surface area (Å²) in [5.74, 6) is -0.203. The minimum atomic E-state index is -3.77. The van der Waals surface area contributed by atoms with Gasteiger partial charge in [-0.05, 0) is 31.0 Å². The van der Waals surface area contributed by atoms with E-state index in [9.17, 15) is 18.0 Å². The Kier molecular flexibility index (Phi) is 7.90. The fourth-order valence-corrected chi connectivity index (χ4v) is 3.89. The van der Waals surface area contributed by atoms with Gasteiger partial charge in [-0.15, -0.1) is 0 Å². The molecule has 0 radical (unpaired) electrons. The van der Waals surface area contributed by atoms with Crippen molar-refractivity contribution in [1.82, 2.24) is 10.0 Å². The van der Waals surface area contributed by atoms with Crippen LogP contribution in [0.1, 0.15) is 48.5 Å². The molecule has 28 heavy (non-hydrogen) atoms. The van der Waals surface area contributed by atoms with Gasteiger partial charge in [-0.2, -0.15) is 0 Å². The average molecular weight is 403 g/mol. The van der Waals surface area contributed by atoms with E-state index < -0.39 is 10.0 Å². The molecule has 0 saturated heterocycles. The van der Waals surface area contributed by atoms with Crippen LogP contribution < -0.4 is 10.0 Å². The first kappa shape index (κ1) is 21.8. The molecule has 7 heteroatoms. The van der Waals surface area contributed by atoms with E-state index in [1.54, 1.807) is 6.07 Å². The molecule has 2 aromatic carbocycles. The fourth-order valence-electron chi connectivity index (χ4n) is 2.81. The molecule has 0 bridgehead atoms. The molecule has 1 unspecified atom stereocenters. The highest BCUT2D eigenvalue weighted by Gasteiger charge is 2.16. The van der Waals surface area contributed by atoms with Gasteiger partial charge in [0, 0.05) is 31.0 Å². The summed E-state index contributed by atoms with van der Waals surface area (Å²) in [5, 5.41) is 2.86. The van der Waals surface area contributed by atoms with E-state index in [-0.39, 0.29) is 35.5 Å². The molecule has 2 N–H and O–H groups in total. The molecule has 0 aliphatic rings. The highest BCUT2D eigenvalue weighted by atomic mass is 32.2. The number of carbonyl (C=O) groups excluding carboxylic acids is 2. The summed E-state index contributed by atoms with van der Waals surface area (Å²) < 4.78 is 27.1. The Hall–Kier alpha value is -2.51. The van der Waals surface area contributed by atoms with Crippen LogP contribution in [-0.2, 0) is 14.8 Å². The van der Waals surface area contributed by atoms with E-state index in [0.717, 1.165) is 12.0 Å². The summed E-state index contributed by atoms with van der Waals surface area (Å²) >= 11 is 0. The standard InChI is InChI=1S/C21H26N2O4S/c1-3-17(18-8-5-4-6-9-18)15-22-21(25)12-13-23-28(26,27)20-11-7-10-19(14-20)16(2)24/h4-11,14,17,23H,3,12-13,15H2,1-2H3,(H,22,25). The van der Waals surface area contributed by atoms with E-state index >= 15 is 0 Å². The SMILES string of the molecule is CCC(CNC(=O)CCNS(=O)(=O)c1cccc(C(C)=O)c1)c1ccccc1. The van der Waals surface area contributed by atoms with Crippen molar-refractivity contribution < 1.29 is 18.0 Å². The van der Waals surface area contributed by atoms with Crippen molar-refractivity contribution in [2.75, 3.05) is 13.1 Å². The van der Waals surface area contributed by atoms with Gasteiger partial charge in [0.25, 0.3) is 0 Å². The lowest BCUT2D eigenvalue weighted by atomic mass is 9.96. The predicted octanol–water partition coefficient (Wildman–Crippen LogP) is 2.87. The van der Waals surface area contributed by atoms with Crippen LogP contribution in [0.3, 0.4) is 0 Å². The van der Waals surface area contributed by atoms with Crippen LogP contribution in [0.25, 0.3) is 0 Å². The van der Waals surface area contributed by atoms with Crippen molar-refractivity contribution in [2.24, 2.45) is 0 Å². The number of benzene rings is 2. The maximum absolute atomic E-state index is 12.3. The van der Waals surface area contributed by atoms with Gasteiger partial charge in [0.15, 0.2) is 5.78 Å². The summed E-state index contributed by atoms with van der Waals surface area (Å²) in [6.45, 7) is 3.93. The van der Waals surface area contributed by atoms with E-state index in [0.29, 0.717) is 12.1 Å². The van der Waals surface area contributed by atoms with Crippen LogP contribution in [0.15, 0.2) is 59.5 Å². The maximum Gasteiger partial charge on any atom is 0.240 e. The van der Waals surface area contributed by atoms with Gasteiger partial charge in [-0.1, -0.05) is 49.4 Å². The van der Waals surface area contributed by atoms with Crippen LogP contribution in [0.4, 0.5) is 0 Å². The molecule has 2 aromatic rings. The number of carbonyl (C=O) groups is 2. The number of hydrogen-bond donors (Lipinski definition) is 2. The lowest BCUT2D eigenvalue weighted by Crippen LogP contribution is -2.32. The third kappa shape index (κ3) is 6.28. The maximum atomic E-state index is 12.3. The molecule has 0 aliphatic carbocycles. The second-order valence-corrected chi connectivity index (χ2v) is 8.32. The quantitative estimate of drug-likeness (QED) is 0.598. The third-order valence-corrected chi connectivity index (χ3v) is 5.96. The van der Waals surface area contributed by atoms with Gasteiger partial charge >= 0.3 is 0 Å². The van der Waals surface area contributed by atoms with Crippen LogP contribution >= 0.6 is 0 Å². The topological polar surface area (TPSA) is 92.3 Å². The number of Topliss-reactive ketones (excluding diaryl/α,β-unsaturated/α-hetero) is 1. The Labute approximate surface area is 166 Å². The van der Waals surface area contributed by atoms with Gasteiger partial charge in [0.05, 0.1) is 4.90 Å². The van der Waals surface area contributed by atoms with Crippen molar-refractivity contribution in [3.8, 4) is 0 Å². The Morgan fingerprint density at radius 2 is 1.75 bits per heavy atom. The molecule has 1 amide bonds. The zero-order valence-electron chi connectivity index (χ0n) is 16.1. The summed E-state index contributed by atoms with van der Waals surface area (Å²) in [7, 11) is -3.77. The Morgan fingerprint density at radius 3 is 2.39 bits per heavy atom. The van der Waals surface area contributed by atoms with Crippen LogP contribution in [-0.4, -0.2) is 33.2 Å². The highest BCUT2D eigenvalue weighted by molar-refractivity contribution is 7.89. The first-order valence-electron chi connectivity index (χ1n) is 9.25. The number of amides is 1. The molecule has 0 heterocycles. The molecule has 0 spiro atoms. The second kappa shape index (κ2) is 10.1. The van der Waals surface area contributed by atoms with Crippen molar-refractivity contribution in [1.29, 1.82) is 0 Å². The number of sulfonamides is 1. The molecule has 0 aromatic heterocycles. The Balaban J connectivity index is 1.84. The molecule has 0 aliphatic heterocycles. The number of rotatable bonds is 10. The fraction of sp³-hybridized carbons (Fsp3) is 0.333. The van der Waals surface area contributed by atoms with Crippen molar-refractivity contribution >= 4 is 21.7 Å². The summed E-state index contributed by atoms with van der Waals surface area (Å²) in [6.07, 6.45) is 0.931.